The number of hydrogen-bond donors (Lipinski definition) is 2. The van der Waals surface area contributed by atoms with Gasteiger partial charge in [-0.2, -0.15) is 0 Å². The van der Waals surface area contributed by atoms with Crippen molar-refractivity contribution < 1.29 is 9.53 Å². The highest BCUT2D eigenvalue weighted by atomic mass is 16.5. The molecule has 0 spiro atoms. The van der Waals surface area contributed by atoms with E-state index in [1.165, 1.54) is 0 Å². The Morgan fingerprint density at radius 1 is 1.15 bits per heavy atom. The molecule has 2 aromatic rings. The van der Waals surface area contributed by atoms with E-state index >= 15 is 0 Å². The van der Waals surface area contributed by atoms with Gasteiger partial charge in [0.2, 0.25) is 5.91 Å². The van der Waals surface area contributed by atoms with Crippen molar-refractivity contribution in [2.45, 2.75) is 20.0 Å². The lowest BCUT2D eigenvalue weighted by atomic mass is 10.2. The van der Waals surface area contributed by atoms with Gasteiger partial charge in [-0.05, 0) is 44.2 Å². The van der Waals surface area contributed by atoms with Crippen molar-refractivity contribution in [2.24, 2.45) is 5.73 Å². The molecule has 4 heteroatoms. The van der Waals surface area contributed by atoms with Crippen LogP contribution in [0.25, 0.3) is 0 Å². The van der Waals surface area contributed by atoms with Crippen LogP contribution in [0.3, 0.4) is 0 Å². The Bertz CT molecular complexity index is 609. The van der Waals surface area contributed by atoms with Crippen molar-refractivity contribution in [3.63, 3.8) is 0 Å². The Hall–Kier alpha value is -2.49. The van der Waals surface area contributed by atoms with Crippen LogP contribution in [-0.2, 0) is 0 Å². The molecule has 0 aromatic heterocycles. The maximum Gasteiger partial charge on any atom is 0.248 e. The highest BCUT2D eigenvalue weighted by Crippen LogP contribution is 2.28. The van der Waals surface area contributed by atoms with Gasteiger partial charge < -0.3 is 15.8 Å². The molecule has 0 aliphatic carbocycles. The minimum Gasteiger partial charge on any atom is -0.489 e. The highest BCUT2D eigenvalue weighted by molar-refractivity contribution is 5.94. The number of hydrogen-bond acceptors (Lipinski definition) is 3. The second-order valence-corrected chi connectivity index (χ2v) is 4.73. The van der Waals surface area contributed by atoms with Crippen LogP contribution in [-0.4, -0.2) is 12.0 Å². The van der Waals surface area contributed by atoms with E-state index in [2.05, 4.69) is 5.32 Å². The average molecular weight is 270 g/mol. The van der Waals surface area contributed by atoms with Crippen LogP contribution in [0.15, 0.2) is 48.5 Å². The average Bonchev–Trinajstić information content (AvgIpc) is 2.41. The first-order chi connectivity index (χ1) is 9.56. The zero-order chi connectivity index (χ0) is 14.5. The summed E-state index contributed by atoms with van der Waals surface area (Å²) >= 11 is 0. The molecule has 104 valence electrons. The Morgan fingerprint density at radius 2 is 1.90 bits per heavy atom. The predicted octanol–water partition coefficient (Wildman–Crippen LogP) is 3.32. The molecule has 0 saturated heterocycles. The Morgan fingerprint density at radius 3 is 2.60 bits per heavy atom. The summed E-state index contributed by atoms with van der Waals surface area (Å²) < 4.78 is 5.74. The molecule has 1 amide bonds. The van der Waals surface area contributed by atoms with Gasteiger partial charge in [0.15, 0.2) is 0 Å². The molecule has 0 bridgehead atoms. The van der Waals surface area contributed by atoms with Crippen LogP contribution < -0.4 is 15.8 Å². The van der Waals surface area contributed by atoms with Crippen LogP contribution in [0.2, 0.25) is 0 Å². The van der Waals surface area contributed by atoms with Crippen molar-refractivity contribution >= 4 is 17.3 Å². The van der Waals surface area contributed by atoms with Gasteiger partial charge in [0.1, 0.15) is 5.75 Å². The third-order valence-electron chi connectivity index (χ3n) is 2.68. The van der Waals surface area contributed by atoms with Crippen LogP contribution in [0, 0.1) is 0 Å². The standard InChI is InChI=1S/C16H18N2O2/c1-11(2)20-15-9-4-3-8-14(15)18-13-7-5-6-12(10-13)16(17)19/h3-11,18H,1-2H3,(H2,17,19). The highest BCUT2D eigenvalue weighted by Gasteiger charge is 2.06. The van der Waals surface area contributed by atoms with Gasteiger partial charge in [0, 0.05) is 11.3 Å². The van der Waals surface area contributed by atoms with E-state index in [0.717, 1.165) is 17.1 Å². The molecular weight excluding hydrogens is 252 g/mol. The van der Waals surface area contributed by atoms with Gasteiger partial charge in [-0.15, -0.1) is 0 Å². The van der Waals surface area contributed by atoms with Gasteiger partial charge in [-0.1, -0.05) is 18.2 Å². The first-order valence-electron chi connectivity index (χ1n) is 6.49. The lowest BCUT2D eigenvalue weighted by molar-refractivity contribution is 0.100. The summed E-state index contributed by atoms with van der Waals surface area (Å²) in [4.78, 5) is 11.2. The molecule has 0 aliphatic heterocycles. The smallest absolute Gasteiger partial charge is 0.248 e. The van der Waals surface area contributed by atoms with Crippen molar-refractivity contribution in [1.29, 1.82) is 0 Å². The molecule has 3 N–H and O–H groups in total. The number of carbonyl (C=O) groups excluding carboxylic acids is 1. The lowest BCUT2D eigenvalue weighted by Crippen LogP contribution is -2.11. The first kappa shape index (κ1) is 13.9. The largest absolute Gasteiger partial charge is 0.489 e. The minimum absolute atomic E-state index is 0.0925. The SMILES string of the molecule is CC(C)Oc1ccccc1Nc1cccc(C(N)=O)c1. The molecule has 0 unspecified atom stereocenters. The van der Waals surface area contributed by atoms with Gasteiger partial charge in [0.25, 0.3) is 0 Å². The maximum atomic E-state index is 11.2. The molecule has 20 heavy (non-hydrogen) atoms. The van der Waals surface area contributed by atoms with E-state index in [0.29, 0.717) is 5.56 Å². The Kier molecular flexibility index (Phi) is 4.25. The lowest BCUT2D eigenvalue weighted by Gasteiger charge is -2.15. The molecule has 0 heterocycles. The summed E-state index contributed by atoms with van der Waals surface area (Å²) in [6.45, 7) is 3.95. The third kappa shape index (κ3) is 3.51. The second-order valence-electron chi connectivity index (χ2n) is 4.73. The van der Waals surface area contributed by atoms with Crippen molar-refractivity contribution in [3.8, 4) is 5.75 Å². The Balaban J connectivity index is 2.25. The van der Waals surface area contributed by atoms with Crippen LogP contribution in [0.1, 0.15) is 24.2 Å². The van der Waals surface area contributed by atoms with Gasteiger partial charge in [-0.25, -0.2) is 0 Å². The van der Waals surface area contributed by atoms with E-state index in [-0.39, 0.29) is 6.10 Å². The van der Waals surface area contributed by atoms with Crippen LogP contribution in [0.5, 0.6) is 5.75 Å². The summed E-state index contributed by atoms with van der Waals surface area (Å²) in [6, 6.07) is 14.7. The molecule has 4 nitrogen and oxygen atoms in total. The quantitative estimate of drug-likeness (QED) is 0.876. The molecule has 0 atom stereocenters. The van der Waals surface area contributed by atoms with Crippen molar-refractivity contribution in [2.75, 3.05) is 5.32 Å². The number of anilines is 2. The monoisotopic (exact) mass is 270 g/mol. The number of ether oxygens (including phenoxy) is 1. The van der Waals surface area contributed by atoms with Gasteiger partial charge in [-0.3, -0.25) is 4.79 Å². The van der Waals surface area contributed by atoms with E-state index < -0.39 is 5.91 Å². The number of benzene rings is 2. The summed E-state index contributed by atoms with van der Waals surface area (Å²) in [7, 11) is 0. The number of primary amides is 1. The number of rotatable bonds is 5. The number of nitrogens with one attached hydrogen (secondary N) is 1. The third-order valence-corrected chi connectivity index (χ3v) is 2.68. The van der Waals surface area contributed by atoms with Gasteiger partial charge >= 0.3 is 0 Å². The fourth-order valence-corrected chi connectivity index (χ4v) is 1.83. The number of nitrogens with two attached hydrogens (primary N) is 1. The topological polar surface area (TPSA) is 64.3 Å². The van der Waals surface area contributed by atoms with E-state index in [9.17, 15) is 4.79 Å². The van der Waals surface area contributed by atoms with Crippen molar-refractivity contribution in [3.05, 3.63) is 54.1 Å². The molecule has 0 fully saturated rings. The number of amides is 1. The molecule has 2 rings (SSSR count). The van der Waals surface area contributed by atoms with E-state index in [4.69, 9.17) is 10.5 Å². The fraction of sp³-hybridized carbons (Fsp3) is 0.188. The summed E-state index contributed by atoms with van der Waals surface area (Å²) in [5.41, 5.74) is 7.39. The second kappa shape index (κ2) is 6.10. The van der Waals surface area contributed by atoms with Crippen molar-refractivity contribution in [1.82, 2.24) is 0 Å². The first-order valence-corrected chi connectivity index (χ1v) is 6.49. The molecule has 0 aliphatic rings. The molecule has 0 saturated carbocycles. The van der Waals surface area contributed by atoms with E-state index in [1.54, 1.807) is 18.2 Å². The fourth-order valence-electron chi connectivity index (χ4n) is 1.83. The summed E-state index contributed by atoms with van der Waals surface area (Å²) in [5.74, 6) is 0.326. The van der Waals surface area contributed by atoms with Gasteiger partial charge in [0.05, 0.1) is 11.8 Å². The molecule has 2 aromatic carbocycles. The summed E-state index contributed by atoms with van der Waals surface area (Å²) in [5, 5.41) is 3.24. The zero-order valence-electron chi connectivity index (χ0n) is 11.6. The van der Waals surface area contributed by atoms with Crippen LogP contribution in [0.4, 0.5) is 11.4 Å². The minimum atomic E-state index is -0.444. The summed E-state index contributed by atoms with van der Waals surface area (Å²) in [6.07, 6.45) is 0.0925. The molecule has 0 radical (unpaired) electrons. The predicted molar refractivity (Wildman–Crippen MR) is 80.4 cm³/mol. The number of para-hydroxylation sites is 2. The molecular formula is C16H18N2O2. The van der Waals surface area contributed by atoms with Crippen LogP contribution >= 0.6 is 0 Å². The van der Waals surface area contributed by atoms with E-state index in [1.807, 2.05) is 44.2 Å². The maximum absolute atomic E-state index is 11.2. The number of carbonyl (C=O) groups is 1. The normalized spacial score (nSPS) is 10.3. The zero-order valence-corrected chi connectivity index (χ0v) is 11.6. The Labute approximate surface area is 118 Å².